The van der Waals surface area contributed by atoms with E-state index in [4.69, 9.17) is 4.74 Å². The van der Waals surface area contributed by atoms with E-state index in [2.05, 4.69) is 53.8 Å². The largest absolute Gasteiger partial charge is 0.459 e. The smallest absolute Gasteiger partial charge is 0.324 e. The van der Waals surface area contributed by atoms with Gasteiger partial charge in [0.25, 0.3) is 0 Å². The van der Waals surface area contributed by atoms with Crippen LogP contribution in [0.5, 0.6) is 0 Å². The number of hydrogen-bond donors (Lipinski definition) is 1. The Morgan fingerprint density at radius 2 is 1.45 bits per heavy atom. The number of carbonyl (C=O) groups is 1. The van der Waals surface area contributed by atoms with Crippen molar-refractivity contribution >= 4 is 5.97 Å². The highest BCUT2D eigenvalue weighted by Gasteiger charge is 2.40. The molecule has 0 amide bonds. The Morgan fingerprint density at radius 3 is 1.75 bits per heavy atom. The summed E-state index contributed by atoms with van der Waals surface area (Å²) in [5, 5.41) is 3.45. The molecule has 0 spiro atoms. The predicted octanol–water partition coefficient (Wildman–Crippen LogP) is 4.16. The minimum absolute atomic E-state index is 0.129. The Hall–Kier alpha value is -0.570. The van der Waals surface area contributed by atoms with E-state index in [-0.39, 0.29) is 23.0 Å². The van der Waals surface area contributed by atoms with E-state index in [1.807, 2.05) is 20.8 Å². The summed E-state index contributed by atoms with van der Waals surface area (Å²) in [7, 11) is 0. The maximum Gasteiger partial charge on any atom is 0.324 e. The fourth-order valence-corrected chi connectivity index (χ4v) is 2.54. The Kier molecular flexibility index (Phi) is 6.28. The first-order valence-electron chi connectivity index (χ1n) is 7.64. The van der Waals surface area contributed by atoms with Gasteiger partial charge in [0, 0.05) is 5.54 Å². The zero-order chi connectivity index (χ0) is 16.4. The Labute approximate surface area is 125 Å². The molecule has 0 aromatic rings. The summed E-state index contributed by atoms with van der Waals surface area (Å²) < 4.78 is 5.61. The molecule has 0 heterocycles. The van der Waals surface area contributed by atoms with Crippen molar-refractivity contribution < 1.29 is 9.53 Å². The fourth-order valence-electron chi connectivity index (χ4n) is 2.54. The van der Waals surface area contributed by atoms with E-state index in [9.17, 15) is 4.79 Å². The van der Waals surface area contributed by atoms with Crippen LogP contribution in [-0.2, 0) is 9.53 Å². The van der Waals surface area contributed by atoms with Crippen LogP contribution in [0.3, 0.4) is 0 Å². The molecule has 0 fully saturated rings. The summed E-state index contributed by atoms with van der Waals surface area (Å²) in [6.07, 6.45) is 0.972. The van der Waals surface area contributed by atoms with Gasteiger partial charge in [0.2, 0.25) is 0 Å². The molecule has 0 radical (unpaired) electrons. The van der Waals surface area contributed by atoms with E-state index in [1.165, 1.54) is 0 Å². The van der Waals surface area contributed by atoms with Crippen molar-refractivity contribution in [3.05, 3.63) is 0 Å². The van der Waals surface area contributed by atoms with E-state index in [1.54, 1.807) is 0 Å². The second kappa shape index (κ2) is 6.46. The number of hydrogen-bond acceptors (Lipinski definition) is 3. The fraction of sp³-hybridized carbons (Fsp3) is 0.941. The molecule has 1 atom stereocenters. The topological polar surface area (TPSA) is 38.3 Å². The maximum absolute atomic E-state index is 12.6. The summed E-state index contributed by atoms with van der Waals surface area (Å²) in [6, 6.07) is -0.302. The number of ether oxygens (including phenoxy) is 1. The van der Waals surface area contributed by atoms with Crippen molar-refractivity contribution in [2.45, 2.75) is 92.8 Å². The van der Waals surface area contributed by atoms with Crippen LogP contribution in [0, 0.1) is 11.3 Å². The lowest BCUT2D eigenvalue weighted by molar-refractivity contribution is -0.162. The summed E-state index contributed by atoms with van der Waals surface area (Å²) in [6.45, 7) is 20.6. The first kappa shape index (κ1) is 19.4. The minimum Gasteiger partial charge on any atom is -0.459 e. The van der Waals surface area contributed by atoms with Gasteiger partial charge in [-0.15, -0.1) is 0 Å². The molecule has 3 heteroatoms. The van der Waals surface area contributed by atoms with Gasteiger partial charge in [0.15, 0.2) is 0 Å². The van der Waals surface area contributed by atoms with Gasteiger partial charge in [0.05, 0.1) is 0 Å². The molecule has 120 valence electrons. The Bertz CT molecular complexity index is 319. The average molecular weight is 285 g/mol. The molecule has 1 unspecified atom stereocenters. The highest BCUT2D eigenvalue weighted by Crippen LogP contribution is 2.32. The van der Waals surface area contributed by atoms with Crippen molar-refractivity contribution in [3.63, 3.8) is 0 Å². The third kappa shape index (κ3) is 7.88. The van der Waals surface area contributed by atoms with Gasteiger partial charge in [-0.2, -0.15) is 0 Å². The number of nitrogens with one attached hydrogen (secondary N) is 1. The van der Waals surface area contributed by atoms with Crippen LogP contribution < -0.4 is 5.32 Å². The second-order valence-corrected chi connectivity index (χ2v) is 8.95. The molecule has 0 bridgehead atoms. The Balaban J connectivity index is 5.22. The number of esters is 1. The molecule has 0 aliphatic heterocycles. The predicted molar refractivity (Wildman–Crippen MR) is 85.8 cm³/mol. The van der Waals surface area contributed by atoms with Crippen molar-refractivity contribution in [1.82, 2.24) is 5.32 Å². The van der Waals surface area contributed by atoms with Crippen LogP contribution >= 0.6 is 0 Å². The highest BCUT2D eigenvalue weighted by atomic mass is 16.6. The molecule has 0 aromatic carbocycles. The minimum atomic E-state index is -0.456. The van der Waals surface area contributed by atoms with E-state index < -0.39 is 5.60 Å². The van der Waals surface area contributed by atoms with Gasteiger partial charge in [-0.1, -0.05) is 27.7 Å². The van der Waals surface area contributed by atoms with E-state index in [0.29, 0.717) is 5.92 Å². The maximum atomic E-state index is 12.6. The van der Waals surface area contributed by atoms with Gasteiger partial charge in [-0.25, -0.2) is 0 Å². The Morgan fingerprint density at radius 1 is 1.00 bits per heavy atom. The molecular weight excluding hydrogens is 250 g/mol. The molecule has 0 aliphatic rings. The van der Waals surface area contributed by atoms with Crippen LogP contribution in [0.4, 0.5) is 0 Å². The lowest BCUT2D eigenvalue weighted by Gasteiger charge is -2.40. The molecular formula is C17H35NO2. The standard InChI is InChI=1S/C17H35NO2/c1-12(2)11-17(9,10)13(18-15(3,4)5)14(19)20-16(6,7)8/h12-13,18H,11H2,1-10H3. The molecule has 0 saturated heterocycles. The van der Waals surface area contributed by atoms with Crippen LogP contribution in [0.15, 0.2) is 0 Å². The zero-order valence-electron chi connectivity index (χ0n) is 15.2. The first-order valence-corrected chi connectivity index (χ1v) is 7.64. The van der Waals surface area contributed by atoms with Crippen LogP contribution in [0.25, 0.3) is 0 Å². The van der Waals surface area contributed by atoms with Crippen molar-refractivity contribution in [3.8, 4) is 0 Å². The summed E-state index contributed by atoms with van der Waals surface area (Å²) in [4.78, 5) is 12.6. The van der Waals surface area contributed by atoms with Gasteiger partial charge in [0.1, 0.15) is 11.6 Å². The van der Waals surface area contributed by atoms with Gasteiger partial charge in [-0.05, 0) is 59.3 Å². The molecule has 0 saturated carbocycles. The van der Waals surface area contributed by atoms with Crippen LogP contribution in [0.2, 0.25) is 0 Å². The van der Waals surface area contributed by atoms with Crippen molar-refractivity contribution in [1.29, 1.82) is 0 Å². The summed E-state index contributed by atoms with van der Waals surface area (Å²) >= 11 is 0. The summed E-state index contributed by atoms with van der Waals surface area (Å²) in [5.41, 5.74) is -0.734. The van der Waals surface area contributed by atoms with Crippen LogP contribution in [0.1, 0.15) is 75.7 Å². The highest BCUT2D eigenvalue weighted by molar-refractivity contribution is 5.77. The van der Waals surface area contributed by atoms with E-state index in [0.717, 1.165) is 6.42 Å². The lowest BCUT2D eigenvalue weighted by atomic mass is 9.76. The normalized spacial score (nSPS) is 15.3. The van der Waals surface area contributed by atoms with Gasteiger partial charge in [-0.3, -0.25) is 10.1 Å². The van der Waals surface area contributed by atoms with Gasteiger partial charge >= 0.3 is 5.97 Å². The molecule has 20 heavy (non-hydrogen) atoms. The molecule has 0 aromatic heterocycles. The number of rotatable bonds is 5. The van der Waals surface area contributed by atoms with E-state index >= 15 is 0 Å². The monoisotopic (exact) mass is 285 g/mol. The third-order valence-corrected chi connectivity index (χ3v) is 2.94. The molecule has 0 rings (SSSR count). The average Bonchev–Trinajstić information content (AvgIpc) is 2.07. The molecule has 0 aliphatic carbocycles. The zero-order valence-corrected chi connectivity index (χ0v) is 15.2. The number of carbonyl (C=O) groups excluding carboxylic acids is 1. The molecule has 3 nitrogen and oxygen atoms in total. The quantitative estimate of drug-likeness (QED) is 0.771. The van der Waals surface area contributed by atoms with Crippen molar-refractivity contribution in [2.24, 2.45) is 11.3 Å². The first-order chi connectivity index (χ1) is 8.64. The molecule has 1 N–H and O–H groups in total. The SMILES string of the molecule is CC(C)CC(C)(C)C(NC(C)(C)C)C(=O)OC(C)(C)C. The van der Waals surface area contributed by atoms with Gasteiger partial charge < -0.3 is 4.74 Å². The third-order valence-electron chi connectivity index (χ3n) is 2.94. The lowest BCUT2D eigenvalue weighted by Crippen LogP contribution is -2.56. The summed E-state index contributed by atoms with van der Waals surface area (Å²) in [5.74, 6) is 0.384. The van der Waals surface area contributed by atoms with Crippen molar-refractivity contribution in [2.75, 3.05) is 0 Å². The second-order valence-electron chi connectivity index (χ2n) is 8.95. The van der Waals surface area contributed by atoms with Crippen LogP contribution in [-0.4, -0.2) is 23.2 Å².